The zero-order valence-corrected chi connectivity index (χ0v) is 9.21. The van der Waals surface area contributed by atoms with Gasteiger partial charge < -0.3 is 10.2 Å². The Kier molecular flexibility index (Phi) is 2.55. The summed E-state index contributed by atoms with van der Waals surface area (Å²) < 4.78 is 5.60. The molecular formula is C12H12ClNO. The highest BCUT2D eigenvalue weighted by Gasteiger charge is 2.12. The van der Waals surface area contributed by atoms with Crippen LogP contribution in [-0.4, -0.2) is 0 Å². The van der Waals surface area contributed by atoms with Crippen LogP contribution in [0, 0.1) is 0 Å². The zero-order chi connectivity index (χ0) is 11.0. The van der Waals surface area contributed by atoms with Crippen molar-refractivity contribution in [2.24, 2.45) is 5.73 Å². The number of fused-ring (bicyclic) bond motifs is 1. The average Bonchev–Trinajstić information content (AvgIpc) is 2.58. The van der Waals surface area contributed by atoms with Crippen molar-refractivity contribution in [3.05, 3.63) is 47.2 Å². The molecule has 1 aromatic heterocycles. The van der Waals surface area contributed by atoms with Crippen molar-refractivity contribution in [1.29, 1.82) is 0 Å². The molecule has 0 aliphatic carbocycles. The summed E-state index contributed by atoms with van der Waals surface area (Å²) in [6.07, 6.45) is 0. The van der Waals surface area contributed by atoms with Crippen molar-refractivity contribution < 1.29 is 4.42 Å². The van der Waals surface area contributed by atoms with E-state index >= 15 is 0 Å². The Balaban J connectivity index is 2.51. The maximum atomic E-state index is 5.91. The lowest BCUT2D eigenvalue weighted by atomic mass is 10.1. The van der Waals surface area contributed by atoms with Crippen molar-refractivity contribution in [3.8, 4) is 0 Å². The first-order valence-corrected chi connectivity index (χ1v) is 5.05. The van der Waals surface area contributed by atoms with Gasteiger partial charge in [0.15, 0.2) is 0 Å². The Labute approximate surface area is 93.3 Å². The van der Waals surface area contributed by atoms with Crippen molar-refractivity contribution in [3.63, 3.8) is 0 Å². The lowest BCUT2D eigenvalue weighted by molar-refractivity contribution is 0.522. The summed E-state index contributed by atoms with van der Waals surface area (Å²) in [7, 11) is 0. The van der Waals surface area contributed by atoms with Gasteiger partial charge in [-0.2, -0.15) is 0 Å². The van der Waals surface area contributed by atoms with Gasteiger partial charge in [-0.3, -0.25) is 0 Å². The molecule has 0 radical (unpaired) electrons. The molecule has 1 atom stereocenters. The third-order valence-corrected chi connectivity index (χ3v) is 2.57. The van der Waals surface area contributed by atoms with Crippen LogP contribution in [0.2, 0.25) is 5.02 Å². The van der Waals surface area contributed by atoms with Crippen LogP contribution in [0.15, 0.2) is 40.8 Å². The van der Waals surface area contributed by atoms with Gasteiger partial charge in [0, 0.05) is 10.4 Å². The third-order valence-electron chi connectivity index (χ3n) is 2.33. The lowest BCUT2D eigenvalue weighted by Gasteiger charge is -2.06. The molecule has 2 rings (SSSR count). The van der Waals surface area contributed by atoms with Crippen molar-refractivity contribution >= 4 is 22.6 Å². The van der Waals surface area contributed by atoms with Gasteiger partial charge in [0.2, 0.25) is 0 Å². The molecule has 0 amide bonds. The largest absolute Gasteiger partial charge is 0.459 e. The summed E-state index contributed by atoms with van der Waals surface area (Å²) in [4.78, 5) is 0. The fourth-order valence-corrected chi connectivity index (χ4v) is 1.61. The number of furan rings is 1. The first-order chi connectivity index (χ1) is 7.08. The van der Waals surface area contributed by atoms with Crippen molar-refractivity contribution in [2.75, 3.05) is 0 Å². The lowest BCUT2D eigenvalue weighted by Crippen LogP contribution is -2.09. The number of halogens is 1. The van der Waals surface area contributed by atoms with Gasteiger partial charge in [-0.15, -0.1) is 0 Å². The van der Waals surface area contributed by atoms with Gasteiger partial charge in [0.25, 0.3) is 0 Å². The molecular weight excluding hydrogens is 210 g/mol. The quantitative estimate of drug-likeness (QED) is 0.786. The van der Waals surface area contributed by atoms with Gasteiger partial charge in [-0.25, -0.2) is 0 Å². The van der Waals surface area contributed by atoms with Crippen LogP contribution < -0.4 is 5.73 Å². The summed E-state index contributed by atoms with van der Waals surface area (Å²) in [5.74, 6) is 0.722. The molecule has 1 unspecified atom stereocenters. The van der Waals surface area contributed by atoms with Crippen molar-refractivity contribution in [1.82, 2.24) is 0 Å². The topological polar surface area (TPSA) is 39.2 Å². The molecule has 0 aliphatic heterocycles. The van der Waals surface area contributed by atoms with Gasteiger partial charge in [-0.05, 0) is 31.2 Å². The molecule has 0 saturated heterocycles. The summed E-state index contributed by atoms with van der Waals surface area (Å²) >= 11 is 5.88. The molecule has 3 heteroatoms. The van der Waals surface area contributed by atoms with Crippen LogP contribution in [0.4, 0.5) is 0 Å². The Bertz CT molecular complexity index is 515. The van der Waals surface area contributed by atoms with Gasteiger partial charge in [0.05, 0.1) is 6.04 Å². The minimum atomic E-state index is -0.254. The SMILES string of the molecule is C=C(C)C(N)c1cc2cc(Cl)ccc2o1. The standard InChI is InChI=1S/C12H12ClNO/c1-7(2)12(14)11-6-8-5-9(13)3-4-10(8)15-11/h3-6,12H,1,14H2,2H3. The molecule has 15 heavy (non-hydrogen) atoms. The highest BCUT2D eigenvalue weighted by atomic mass is 35.5. The summed E-state index contributed by atoms with van der Waals surface area (Å²) in [6, 6.07) is 7.14. The van der Waals surface area contributed by atoms with Crippen LogP contribution >= 0.6 is 11.6 Å². The van der Waals surface area contributed by atoms with Gasteiger partial charge in [0.1, 0.15) is 11.3 Å². The number of rotatable bonds is 2. The molecule has 0 saturated carbocycles. The normalized spacial score (nSPS) is 13.0. The van der Waals surface area contributed by atoms with E-state index in [0.29, 0.717) is 5.02 Å². The van der Waals surface area contributed by atoms with E-state index < -0.39 is 0 Å². The monoisotopic (exact) mass is 221 g/mol. The van der Waals surface area contributed by atoms with E-state index in [4.69, 9.17) is 21.8 Å². The first-order valence-electron chi connectivity index (χ1n) is 4.68. The van der Waals surface area contributed by atoms with Crippen LogP contribution in [0.5, 0.6) is 0 Å². The molecule has 2 nitrogen and oxygen atoms in total. The minimum Gasteiger partial charge on any atom is -0.459 e. The molecule has 0 fully saturated rings. The smallest absolute Gasteiger partial charge is 0.134 e. The Hall–Kier alpha value is -1.25. The molecule has 1 aromatic carbocycles. The second kappa shape index (κ2) is 3.72. The van der Waals surface area contributed by atoms with Gasteiger partial charge in [-0.1, -0.05) is 23.8 Å². The fourth-order valence-electron chi connectivity index (χ4n) is 1.43. The average molecular weight is 222 g/mol. The van der Waals surface area contributed by atoms with E-state index in [1.54, 1.807) is 6.07 Å². The van der Waals surface area contributed by atoms with E-state index in [1.807, 2.05) is 25.1 Å². The third kappa shape index (κ3) is 1.91. The van der Waals surface area contributed by atoms with Crippen LogP contribution in [0.1, 0.15) is 18.7 Å². The molecule has 0 spiro atoms. The molecule has 0 bridgehead atoms. The second-order valence-corrected chi connectivity index (χ2v) is 4.09. The van der Waals surface area contributed by atoms with Gasteiger partial charge >= 0.3 is 0 Å². The summed E-state index contributed by atoms with van der Waals surface area (Å²) in [5.41, 5.74) is 7.59. The number of nitrogens with two attached hydrogens (primary N) is 1. The Morgan fingerprint density at radius 1 is 1.47 bits per heavy atom. The number of hydrogen-bond acceptors (Lipinski definition) is 2. The Morgan fingerprint density at radius 2 is 2.20 bits per heavy atom. The molecule has 0 aliphatic rings. The zero-order valence-electron chi connectivity index (χ0n) is 8.46. The highest BCUT2D eigenvalue weighted by Crippen LogP contribution is 2.27. The minimum absolute atomic E-state index is 0.254. The van der Waals surface area contributed by atoms with Crippen LogP contribution in [0.25, 0.3) is 11.0 Å². The first kappa shape index (κ1) is 10.3. The highest BCUT2D eigenvalue weighted by molar-refractivity contribution is 6.31. The van der Waals surface area contributed by atoms with E-state index in [9.17, 15) is 0 Å². The fraction of sp³-hybridized carbons (Fsp3) is 0.167. The molecule has 2 N–H and O–H groups in total. The van der Waals surface area contributed by atoms with Crippen LogP contribution in [-0.2, 0) is 0 Å². The van der Waals surface area contributed by atoms with E-state index in [2.05, 4.69) is 6.58 Å². The maximum absolute atomic E-state index is 5.91. The summed E-state index contributed by atoms with van der Waals surface area (Å²) in [6.45, 7) is 5.69. The molecule has 2 aromatic rings. The van der Waals surface area contributed by atoms with E-state index in [-0.39, 0.29) is 6.04 Å². The summed E-state index contributed by atoms with van der Waals surface area (Å²) in [5, 5.41) is 1.66. The second-order valence-electron chi connectivity index (χ2n) is 3.65. The van der Waals surface area contributed by atoms with E-state index in [1.165, 1.54) is 0 Å². The molecule has 78 valence electrons. The van der Waals surface area contributed by atoms with E-state index in [0.717, 1.165) is 22.3 Å². The number of benzene rings is 1. The van der Waals surface area contributed by atoms with Crippen molar-refractivity contribution in [2.45, 2.75) is 13.0 Å². The predicted octanol–water partition coefficient (Wildman–Crippen LogP) is 3.66. The number of hydrogen-bond donors (Lipinski definition) is 1. The Morgan fingerprint density at radius 3 is 2.87 bits per heavy atom. The maximum Gasteiger partial charge on any atom is 0.134 e. The molecule has 1 heterocycles. The predicted molar refractivity (Wildman–Crippen MR) is 63.0 cm³/mol. The van der Waals surface area contributed by atoms with Crippen LogP contribution in [0.3, 0.4) is 0 Å².